The molecule has 0 N–H and O–H groups in total. The fraction of sp³-hybridized carbons (Fsp3) is 0.200. The van der Waals surface area contributed by atoms with Crippen LogP contribution in [0.15, 0.2) is 34.9 Å². The normalized spacial score (nSPS) is 13.3. The highest BCUT2D eigenvalue weighted by Crippen LogP contribution is 2.22. The summed E-state index contributed by atoms with van der Waals surface area (Å²) in [6.07, 6.45) is 0. The largest absolute Gasteiger partial charge is 0.363 e. The van der Waals surface area contributed by atoms with Crippen molar-refractivity contribution in [1.82, 2.24) is 10.2 Å². The van der Waals surface area contributed by atoms with Gasteiger partial charge in [0.15, 0.2) is 0 Å². The fourth-order valence-electron chi connectivity index (χ4n) is 2.10. The molecule has 0 bridgehead atoms. The first-order valence-electron chi connectivity index (χ1n) is 6.75. The van der Waals surface area contributed by atoms with Crippen LogP contribution >= 0.6 is 0 Å². The molecule has 23 heavy (non-hydrogen) atoms. The van der Waals surface area contributed by atoms with Crippen LogP contribution in [0.1, 0.15) is 32.2 Å². The molecule has 0 unspecified atom stereocenters. The monoisotopic (exact) mass is 316 g/mol. The Morgan fingerprint density at radius 2 is 1.87 bits per heavy atom. The number of aromatic nitrogens is 1. The molecular weight excluding hydrogens is 304 g/mol. The van der Waals surface area contributed by atoms with Crippen molar-refractivity contribution in [2.75, 3.05) is 6.61 Å². The second-order valence-electron chi connectivity index (χ2n) is 4.84. The van der Waals surface area contributed by atoms with Crippen LogP contribution in [0.5, 0.6) is 0 Å². The Morgan fingerprint density at radius 1 is 1.22 bits per heavy atom. The number of amides is 2. The summed E-state index contributed by atoms with van der Waals surface area (Å²) in [5, 5.41) is 4.14. The first-order valence-corrected chi connectivity index (χ1v) is 6.75. The lowest BCUT2D eigenvalue weighted by atomic mass is 10.1. The van der Waals surface area contributed by atoms with Gasteiger partial charge >= 0.3 is 5.97 Å². The maximum Gasteiger partial charge on any atom is 0.358 e. The Hall–Kier alpha value is -3.00. The lowest BCUT2D eigenvalue weighted by Crippen LogP contribution is -2.34. The molecule has 118 valence electrons. The van der Waals surface area contributed by atoms with Gasteiger partial charge in [-0.2, -0.15) is 0 Å². The molecule has 0 aliphatic carbocycles. The zero-order chi connectivity index (χ0) is 16.4. The zero-order valence-corrected chi connectivity index (χ0v) is 12.1. The molecule has 1 aromatic heterocycles. The quantitative estimate of drug-likeness (QED) is 0.765. The molecule has 8 nitrogen and oxygen atoms in total. The molecule has 1 aromatic carbocycles. The van der Waals surface area contributed by atoms with Crippen molar-refractivity contribution in [1.29, 1.82) is 0 Å². The van der Waals surface area contributed by atoms with E-state index in [1.165, 1.54) is 12.1 Å². The van der Waals surface area contributed by atoms with Crippen molar-refractivity contribution >= 4 is 17.8 Å². The number of carbonyl (C=O) groups excluding carboxylic acids is 3. The molecule has 1 aliphatic heterocycles. The van der Waals surface area contributed by atoms with E-state index < -0.39 is 24.4 Å². The van der Waals surface area contributed by atoms with Gasteiger partial charge in [0, 0.05) is 6.07 Å². The Morgan fingerprint density at radius 3 is 2.43 bits per heavy atom. The molecule has 2 amide bonds. The number of carbonyl (C=O) groups is 3. The summed E-state index contributed by atoms with van der Waals surface area (Å²) in [4.78, 5) is 40.5. The number of rotatable bonds is 5. The van der Waals surface area contributed by atoms with E-state index in [9.17, 15) is 14.4 Å². The minimum atomic E-state index is -0.861. The number of benzene rings is 1. The second-order valence-corrected chi connectivity index (χ2v) is 4.84. The van der Waals surface area contributed by atoms with Crippen LogP contribution in [-0.4, -0.2) is 34.6 Å². The van der Waals surface area contributed by atoms with Crippen molar-refractivity contribution < 1.29 is 28.5 Å². The third-order valence-corrected chi connectivity index (χ3v) is 3.10. The third kappa shape index (κ3) is 2.97. The van der Waals surface area contributed by atoms with Gasteiger partial charge in [-0.15, -0.1) is 0 Å². The van der Waals surface area contributed by atoms with Crippen molar-refractivity contribution in [3.63, 3.8) is 0 Å². The topological polar surface area (TPSA) is 98.9 Å². The molecule has 0 atom stereocenters. The van der Waals surface area contributed by atoms with Gasteiger partial charge in [0.25, 0.3) is 11.8 Å². The van der Waals surface area contributed by atoms with Gasteiger partial charge in [-0.3, -0.25) is 9.59 Å². The van der Waals surface area contributed by atoms with Gasteiger partial charge in [0.2, 0.25) is 0 Å². The molecular formula is C15H12N2O6. The van der Waals surface area contributed by atoms with Crippen molar-refractivity contribution in [2.45, 2.75) is 13.5 Å². The van der Waals surface area contributed by atoms with Gasteiger partial charge in [-0.25, -0.2) is 4.79 Å². The number of imide groups is 1. The van der Waals surface area contributed by atoms with Crippen LogP contribution in [0, 0.1) is 6.92 Å². The number of fused-ring (bicyclic) bond motifs is 1. The molecule has 0 saturated heterocycles. The lowest BCUT2D eigenvalue weighted by Gasteiger charge is -2.12. The summed E-state index contributed by atoms with van der Waals surface area (Å²) in [6, 6.07) is 7.89. The number of aryl methyl sites for hydroxylation is 1. The number of hydrogen-bond donors (Lipinski definition) is 0. The van der Waals surface area contributed by atoms with Crippen LogP contribution < -0.4 is 0 Å². The molecule has 1 aliphatic rings. The van der Waals surface area contributed by atoms with Gasteiger partial charge in [-0.05, 0) is 19.1 Å². The third-order valence-electron chi connectivity index (χ3n) is 3.10. The van der Waals surface area contributed by atoms with E-state index in [0.717, 1.165) is 0 Å². The van der Waals surface area contributed by atoms with Crippen molar-refractivity contribution in [3.8, 4) is 0 Å². The molecule has 8 heteroatoms. The summed E-state index contributed by atoms with van der Waals surface area (Å²) < 4.78 is 9.96. The summed E-state index contributed by atoms with van der Waals surface area (Å²) in [6.45, 7) is 1.35. The van der Waals surface area contributed by atoms with E-state index in [0.29, 0.717) is 16.5 Å². The summed E-state index contributed by atoms with van der Waals surface area (Å²) in [5.41, 5.74) is 0.921. The molecule has 0 saturated carbocycles. The van der Waals surface area contributed by atoms with E-state index in [4.69, 9.17) is 14.1 Å². The minimum absolute atomic E-state index is 0.0502. The van der Waals surface area contributed by atoms with Crippen LogP contribution in [-0.2, 0) is 21.0 Å². The molecule has 2 aromatic rings. The van der Waals surface area contributed by atoms with E-state index >= 15 is 0 Å². The fourth-order valence-corrected chi connectivity index (χ4v) is 2.10. The number of hydrogen-bond acceptors (Lipinski definition) is 7. The average molecular weight is 316 g/mol. The highest BCUT2D eigenvalue weighted by molar-refractivity contribution is 6.20. The molecule has 0 radical (unpaired) electrons. The predicted molar refractivity (Wildman–Crippen MR) is 73.9 cm³/mol. The van der Waals surface area contributed by atoms with Gasteiger partial charge in [0.05, 0.1) is 17.7 Å². The number of hydroxylamine groups is 2. The Kier molecular flexibility index (Phi) is 3.90. The molecule has 2 heterocycles. The second kappa shape index (κ2) is 6.01. The smallest absolute Gasteiger partial charge is 0.358 e. The highest BCUT2D eigenvalue weighted by Gasteiger charge is 2.38. The van der Waals surface area contributed by atoms with E-state index in [1.54, 1.807) is 25.1 Å². The first kappa shape index (κ1) is 14.9. The van der Waals surface area contributed by atoms with Crippen LogP contribution in [0.4, 0.5) is 0 Å². The summed E-state index contributed by atoms with van der Waals surface area (Å²) in [5.74, 6) is -1.59. The summed E-state index contributed by atoms with van der Waals surface area (Å²) >= 11 is 0. The van der Waals surface area contributed by atoms with Gasteiger partial charge in [-0.1, -0.05) is 22.4 Å². The number of nitrogens with zero attached hydrogens (tertiary/aromatic N) is 2. The van der Waals surface area contributed by atoms with Gasteiger partial charge < -0.3 is 14.1 Å². The van der Waals surface area contributed by atoms with E-state index in [-0.39, 0.29) is 17.7 Å². The maximum absolute atomic E-state index is 12.0. The maximum atomic E-state index is 12.0. The predicted octanol–water partition coefficient (Wildman–Crippen LogP) is 1.25. The molecule has 3 rings (SSSR count). The van der Waals surface area contributed by atoms with Crippen LogP contribution in [0.25, 0.3) is 0 Å². The van der Waals surface area contributed by atoms with Gasteiger partial charge in [0.1, 0.15) is 18.1 Å². The SMILES string of the molecule is Cc1cc(COCC(=O)ON2C(=O)c3ccccc3C2=O)no1. The Labute approximate surface area is 130 Å². The minimum Gasteiger partial charge on any atom is -0.363 e. The van der Waals surface area contributed by atoms with Crippen molar-refractivity contribution in [3.05, 3.63) is 52.9 Å². The van der Waals surface area contributed by atoms with Crippen molar-refractivity contribution in [2.24, 2.45) is 0 Å². The highest BCUT2D eigenvalue weighted by atomic mass is 16.7. The van der Waals surface area contributed by atoms with Crippen LogP contribution in [0.2, 0.25) is 0 Å². The standard InChI is InChI=1S/C15H12N2O6/c1-9-6-10(16-22-9)7-21-8-13(18)23-17-14(19)11-4-2-3-5-12(11)15(17)20/h2-6H,7-8H2,1H3. The Bertz CT molecular complexity index is 747. The molecule has 0 spiro atoms. The Balaban J connectivity index is 1.54. The summed E-state index contributed by atoms with van der Waals surface area (Å²) in [7, 11) is 0. The lowest BCUT2D eigenvalue weighted by molar-refractivity contribution is -0.174. The first-order chi connectivity index (χ1) is 11.1. The average Bonchev–Trinajstić information content (AvgIpc) is 3.05. The van der Waals surface area contributed by atoms with E-state index in [2.05, 4.69) is 5.16 Å². The van der Waals surface area contributed by atoms with E-state index in [1.807, 2.05) is 0 Å². The van der Waals surface area contributed by atoms with Crippen LogP contribution in [0.3, 0.4) is 0 Å². The number of ether oxygens (including phenoxy) is 1. The zero-order valence-electron chi connectivity index (χ0n) is 12.1. The molecule has 0 fully saturated rings.